The highest BCUT2D eigenvalue weighted by Crippen LogP contribution is 2.47. The number of aliphatic hydroxyl groups is 1. The summed E-state index contributed by atoms with van der Waals surface area (Å²) in [6.07, 6.45) is 6.35. The molecule has 1 saturated heterocycles. The molecule has 1 aliphatic carbocycles. The predicted molar refractivity (Wildman–Crippen MR) is 123 cm³/mol. The number of hydrogen-bond donors (Lipinski definition) is 2. The van der Waals surface area contributed by atoms with E-state index < -0.39 is 35.4 Å². The maximum absolute atomic E-state index is 13.9. The number of ether oxygens (including phenoxy) is 1. The minimum atomic E-state index is -0.770. The molecule has 0 aromatic rings. The van der Waals surface area contributed by atoms with E-state index in [9.17, 15) is 19.5 Å². The van der Waals surface area contributed by atoms with Crippen LogP contribution in [0.15, 0.2) is 12.2 Å². The lowest BCUT2D eigenvalue weighted by atomic mass is 9.68. The molecule has 0 bridgehead atoms. The summed E-state index contributed by atoms with van der Waals surface area (Å²) in [5.74, 6) is -2.68. The third kappa shape index (κ3) is 5.36. The number of carbonyl (C=O) groups excluding carboxylic acids is 3. The lowest BCUT2D eigenvalue weighted by Crippen LogP contribution is -2.56. The number of aliphatic hydroxyl groups excluding tert-OH is 1. The Labute approximate surface area is 192 Å². The molecule has 1 fully saturated rings. The van der Waals surface area contributed by atoms with Crippen molar-refractivity contribution in [1.29, 1.82) is 0 Å². The molecule has 1 heterocycles. The molecule has 182 valence electrons. The Bertz CT molecular complexity index is 714. The average Bonchev–Trinajstić information content (AvgIpc) is 3.00. The number of fused-ring (bicyclic) bond motifs is 1. The maximum atomic E-state index is 13.9. The van der Waals surface area contributed by atoms with Gasteiger partial charge in [-0.2, -0.15) is 0 Å². The molecule has 1 aliphatic heterocycles. The van der Waals surface area contributed by atoms with Gasteiger partial charge in [0.2, 0.25) is 11.8 Å². The molecule has 0 radical (unpaired) electrons. The SMILES string of the molecule is CCC[C@@H]1C=C[C@H]2[C@@H](C(=O)N([C@@H](CO)[C@@H](C)CC)[C@@H]2C(=O)NC(C)(C)C)[C@@H]1C(=O)OCC. The number of carbonyl (C=O) groups is 3. The number of nitrogens with zero attached hydrogens (tertiary/aromatic N) is 1. The molecule has 0 aromatic carbocycles. The van der Waals surface area contributed by atoms with Crippen molar-refractivity contribution in [3.05, 3.63) is 12.2 Å². The van der Waals surface area contributed by atoms with Crippen LogP contribution < -0.4 is 5.32 Å². The fourth-order valence-corrected chi connectivity index (χ4v) is 5.23. The predicted octanol–water partition coefficient (Wildman–Crippen LogP) is 2.92. The largest absolute Gasteiger partial charge is 0.466 e. The van der Waals surface area contributed by atoms with Crippen LogP contribution in [0, 0.1) is 29.6 Å². The van der Waals surface area contributed by atoms with Crippen LogP contribution in [0.2, 0.25) is 0 Å². The standard InChI is InChI=1S/C25H42N2O5/c1-8-11-16-12-13-17-20(19(16)24(31)32-10-3)23(30)27(18(14-28)15(4)9-2)21(17)22(29)26-25(5,6)7/h12-13,15-21,28H,8-11,14H2,1-7H3,(H,26,29)/t15-,16+,17-,18-,19+,20+,21-/m0/s1. The summed E-state index contributed by atoms with van der Waals surface area (Å²) in [5.41, 5.74) is -0.474. The van der Waals surface area contributed by atoms with Crippen LogP contribution in [-0.2, 0) is 19.1 Å². The molecule has 2 aliphatic rings. The van der Waals surface area contributed by atoms with Gasteiger partial charge in [-0.25, -0.2) is 0 Å². The summed E-state index contributed by atoms with van der Waals surface area (Å²) in [5, 5.41) is 13.3. The highest BCUT2D eigenvalue weighted by Gasteiger charge is 2.59. The first-order valence-corrected chi connectivity index (χ1v) is 12.1. The van der Waals surface area contributed by atoms with Crippen molar-refractivity contribution in [3.63, 3.8) is 0 Å². The van der Waals surface area contributed by atoms with Crippen LogP contribution in [0.1, 0.15) is 67.7 Å². The van der Waals surface area contributed by atoms with Gasteiger partial charge in [0.15, 0.2) is 0 Å². The topological polar surface area (TPSA) is 95.9 Å². The Morgan fingerprint density at radius 1 is 1.22 bits per heavy atom. The van der Waals surface area contributed by atoms with Gasteiger partial charge in [-0.15, -0.1) is 0 Å². The number of rotatable bonds is 9. The van der Waals surface area contributed by atoms with E-state index >= 15 is 0 Å². The Balaban J connectivity index is 2.59. The molecule has 2 rings (SSSR count). The Morgan fingerprint density at radius 2 is 1.88 bits per heavy atom. The van der Waals surface area contributed by atoms with E-state index in [-0.39, 0.29) is 42.8 Å². The second kappa shape index (κ2) is 10.8. The molecular weight excluding hydrogens is 408 g/mol. The quantitative estimate of drug-likeness (QED) is 0.416. The van der Waals surface area contributed by atoms with E-state index in [0.29, 0.717) is 0 Å². The normalized spacial score (nSPS) is 29.4. The summed E-state index contributed by atoms with van der Waals surface area (Å²) < 4.78 is 5.39. The lowest BCUT2D eigenvalue weighted by molar-refractivity contribution is -0.156. The molecule has 32 heavy (non-hydrogen) atoms. The van der Waals surface area contributed by atoms with Gasteiger partial charge in [0.05, 0.1) is 31.1 Å². The van der Waals surface area contributed by atoms with Gasteiger partial charge in [-0.3, -0.25) is 14.4 Å². The fourth-order valence-electron chi connectivity index (χ4n) is 5.23. The van der Waals surface area contributed by atoms with Crippen LogP contribution in [0.4, 0.5) is 0 Å². The smallest absolute Gasteiger partial charge is 0.310 e. The molecule has 7 nitrogen and oxygen atoms in total. The van der Waals surface area contributed by atoms with Gasteiger partial charge >= 0.3 is 5.97 Å². The molecule has 0 aromatic heterocycles. The molecule has 7 heteroatoms. The van der Waals surface area contributed by atoms with Crippen molar-refractivity contribution in [1.82, 2.24) is 10.2 Å². The lowest BCUT2D eigenvalue weighted by Gasteiger charge is -2.37. The van der Waals surface area contributed by atoms with Crippen molar-refractivity contribution in [2.24, 2.45) is 29.6 Å². The Morgan fingerprint density at radius 3 is 2.38 bits per heavy atom. The Hall–Kier alpha value is -1.89. The van der Waals surface area contributed by atoms with E-state index in [4.69, 9.17) is 4.74 Å². The third-order valence-electron chi connectivity index (χ3n) is 6.84. The van der Waals surface area contributed by atoms with E-state index in [1.54, 1.807) is 11.8 Å². The first-order valence-electron chi connectivity index (χ1n) is 12.1. The van der Waals surface area contributed by atoms with Gasteiger partial charge in [-0.1, -0.05) is 45.8 Å². The van der Waals surface area contributed by atoms with E-state index in [1.165, 1.54) is 0 Å². The van der Waals surface area contributed by atoms with Crippen molar-refractivity contribution in [3.8, 4) is 0 Å². The van der Waals surface area contributed by atoms with E-state index in [0.717, 1.165) is 19.3 Å². The zero-order valence-electron chi connectivity index (χ0n) is 20.8. The van der Waals surface area contributed by atoms with Gasteiger partial charge in [0, 0.05) is 11.5 Å². The number of allylic oxidation sites excluding steroid dienone is 1. The summed E-state index contributed by atoms with van der Waals surface area (Å²) >= 11 is 0. The first kappa shape index (κ1) is 26.4. The molecule has 0 saturated carbocycles. The number of amides is 2. The van der Waals surface area contributed by atoms with E-state index in [2.05, 4.69) is 12.2 Å². The van der Waals surface area contributed by atoms with Crippen molar-refractivity contribution < 1.29 is 24.2 Å². The first-order chi connectivity index (χ1) is 15.0. The summed E-state index contributed by atoms with van der Waals surface area (Å²) in [4.78, 5) is 42.0. The molecule has 0 spiro atoms. The zero-order chi connectivity index (χ0) is 24.2. The molecule has 7 atom stereocenters. The minimum absolute atomic E-state index is 0.00509. The number of hydrogen-bond acceptors (Lipinski definition) is 5. The number of esters is 1. The van der Waals surface area contributed by atoms with Gasteiger partial charge < -0.3 is 20.1 Å². The van der Waals surface area contributed by atoms with Crippen molar-refractivity contribution in [2.45, 2.75) is 85.4 Å². The van der Waals surface area contributed by atoms with Crippen LogP contribution in [0.25, 0.3) is 0 Å². The molecule has 2 N–H and O–H groups in total. The monoisotopic (exact) mass is 450 g/mol. The van der Waals surface area contributed by atoms with Crippen molar-refractivity contribution in [2.75, 3.05) is 13.2 Å². The maximum Gasteiger partial charge on any atom is 0.310 e. The number of likely N-dealkylation sites (tertiary alicyclic amines) is 1. The highest BCUT2D eigenvalue weighted by atomic mass is 16.5. The minimum Gasteiger partial charge on any atom is -0.466 e. The Kier molecular flexibility index (Phi) is 8.91. The molecule has 0 unspecified atom stereocenters. The van der Waals surface area contributed by atoms with Gasteiger partial charge in [-0.05, 0) is 46.0 Å². The van der Waals surface area contributed by atoms with Crippen LogP contribution in [0.3, 0.4) is 0 Å². The van der Waals surface area contributed by atoms with Gasteiger partial charge in [0.25, 0.3) is 0 Å². The molecular formula is C25H42N2O5. The third-order valence-corrected chi connectivity index (χ3v) is 6.84. The number of nitrogens with one attached hydrogen (secondary N) is 1. The highest BCUT2D eigenvalue weighted by molar-refractivity contribution is 5.96. The average molecular weight is 451 g/mol. The fraction of sp³-hybridized carbons (Fsp3) is 0.800. The van der Waals surface area contributed by atoms with Crippen LogP contribution in [-0.4, -0.2) is 58.6 Å². The second-order valence-electron chi connectivity index (χ2n) is 10.3. The summed E-state index contributed by atoms with van der Waals surface area (Å²) in [6.45, 7) is 13.5. The second-order valence-corrected chi connectivity index (χ2v) is 10.3. The van der Waals surface area contributed by atoms with Crippen molar-refractivity contribution >= 4 is 17.8 Å². The zero-order valence-corrected chi connectivity index (χ0v) is 20.8. The van der Waals surface area contributed by atoms with E-state index in [1.807, 2.05) is 46.8 Å². The summed E-state index contributed by atoms with van der Waals surface area (Å²) in [7, 11) is 0. The van der Waals surface area contributed by atoms with Crippen LogP contribution >= 0.6 is 0 Å². The van der Waals surface area contributed by atoms with Gasteiger partial charge in [0.1, 0.15) is 6.04 Å². The molecule has 2 amide bonds. The summed E-state index contributed by atoms with van der Waals surface area (Å²) in [6, 6.07) is -1.26. The van der Waals surface area contributed by atoms with Crippen LogP contribution in [0.5, 0.6) is 0 Å².